The number of rotatable bonds is 7. The molecule has 0 amide bonds. The van der Waals surface area contributed by atoms with Crippen molar-refractivity contribution < 1.29 is 23.8 Å². The third-order valence-electron chi connectivity index (χ3n) is 3.89. The fourth-order valence-electron chi connectivity index (χ4n) is 2.70. The van der Waals surface area contributed by atoms with E-state index in [1.807, 2.05) is 6.07 Å². The van der Waals surface area contributed by atoms with Crippen molar-refractivity contribution in [2.75, 3.05) is 13.2 Å². The average Bonchev–Trinajstić information content (AvgIpc) is 2.61. The van der Waals surface area contributed by atoms with Gasteiger partial charge in [0.2, 0.25) is 0 Å². The molecule has 0 spiro atoms. The highest BCUT2D eigenvalue weighted by atomic mass is 32.1. The molecule has 0 fully saturated rings. The minimum Gasteiger partial charge on any atom is -0.479 e. The number of esters is 2. The standard InChI is InChI=1S/C19H24N2O5S/c1-5-24-17(22)12(4)26-14-9-7-8-13(10-14)16-15(18(23)25-6-2)11(3)20-19(27)21-16/h7-10,12,16H,5-6H2,1-4H3,(H2,20,21,27). The highest BCUT2D eigenvalue weighted by molar-refractivity contribution is 7.80. The summed E-state index contributed by atoms with van der Waals surface area (Å²) >= 11 is 5.23. The summed E-state index contributed by atoms with van der Waals surface area (Å²) in [7, 11) is 0. The molecule has 27 heavy (non-hydrogen) atoms. The van der Waals surface area contributed by atoms with Crippen LogP contribution in [0.25, 0.3) is 0 Å². The Morgan fingerprint density at radius 2 is 1.93 bits per heavy atom. The number of benzene rings is 1. The van der Waals surface area contributed by atoms with Crippen molar-refractivity contribution in [3.8, 4) is 5.75 Å². The minimum absolute atomic E-state index is 0.271. The Labute approximate surface area is 164 Å². The second kappa shape index (κ2) is 9.36. The first-order chi connectivity index (χ1) is 12.9. The maximum absolute atomic E-state index is 12.4. The summed E-state index contributed by atoms with van der Waals surface area (Å²) in [6, 6.07) is 6.64. The van der Waals surface area contributed by atoms with Crippen LogP contribution in [0.2, 0.25) is 0 Å². The molecule has 1 aliphatic heterocycles. The van der Waals surface area contributed by atoms with Crippen molar-refractivity contribution in [1.82, 2.24) is 10.6 Å². The van der Waals surface area contributed by atoms with Crippen LogP contribution in [0.5, 0.6) is 5.75 Å². The molecule has 7 nitrogen and oxygen atoms in total. The van der Waals surface area contributed by atoms with Crippen LogP contribution >= 0.6 is 12.2 Å². The molecule has 0 aromatic heterocycles. The van der Waals surface area contributed by atoms with E-state index in [-0.39, 0.29) is 13.2 Å². The lowest BCUT2D eigenvalue weighted by Crippen LogP contribution is -2.45. The maximum Gasteiger partial charge on any atom is 0.347 e. The number of thiocarbonyl (C=S) groups is 1. The lowest BCUT2D eigenvalue weighted by molar-refractivity contribution is -0.150. The Balaban J connectivity index is 2.30. The Kier molecular flexibility index (Phi) is 7.18. The van der Waals surface area contributed by atoms with Crippen molar-refractivity contribution in [2.45, 2.75) is 39.8 Å². The van der Waals surface area contributed by atoms with E-state index in [4.69, 9.17) is 26.4 Å². The van der Waals surface area contributed by atoms with E-state index in [0.29, 0.717) is 22.1 Å². The minimum atomic E-state index is -0.746. The lowest BCUT2D eigenvalue weighted by Gasteiger charge is -2.30. The second-order valence-electron chi connectivity index (χ2n) is 5.88. The van der Waals surface area contributed by atoms with Gasteiger partial charge < -0.3 is 24.8 Å². The number of hydrogen-bond acceptors (Lipinski definition) is 6. The summed E-state index contributed by atoms with van der Waals surface area (Å²) in [6.07, 6.45) is -0.746. The highest BCUT2D eigenvalue weighted by Gasteiger charge is 2.31. The van der Waals surface area contributed by atoms with Gasteiger partial charge in [0.15, 0.2) is 11.2 Å². The molecule has 2 unspecified atom stereocenters. The van der Waals surface area contributed by atoms with Gasteiger partial charge in [0.1, 0.15) is 5.75 Å². The van der Waals surface area contributed by atoms with Gasteiger partial charge in [-0.25, -0.2) is 9.59 Å². The van der Waals surface area contributed by atoms with E-state index in [1.54, 1.807) is 45.9 Å². The van der Waals surface area contributed by atoms with Gasteiger partial charge in [0.25, 0.3) is 0 Å². The number of carbonyl (C=O) groups excluding carboxylic acids is 2. The van der Waals surface area contributed by atoms with Crippen LogP contribution in [0, 0.1) is 0 Å². The van der Waals surface area contributed by atoms with Crippen LogP contribution in [0.15, 0.2) is 35.5 Å². The fourth-order valence-corrected chi connectivity index (χ4v) is 2.97. The maximum atomic E-state index is 12.4. The number of allylic oxidation sites excluding steroid dienone is 1. The van der Waals surface area contributed by atoms with Crippen LogP contribution in [0.3, 0.4) is 0 Å². The quantitative estimate of drug-likeness (QED) is 0.540. The topological polar surface area (TPSA) is 85.9 Å². The molecular weight excluding hydrogens is 368 g/mol. The Morgan fingerprint density at radius 3 is 2.59 bits per heavy atom. The summed E-state index contributed by atoms with van der Waals surface area (Å²) in [5.74, 6) is -0.374. The fraction of sp³-hybridized carbons (Fsp3) is 0.421. The predicted octanol–water partition coefficient (Wildman–Crippen LogP) is 2.37. The summed E-state index contributed by atoms with van der Waals surface area (Å²) in [5.41, 5.74) is 1.84. The van der Waals surface area contributed by atoms with Crippen LogP contribution in [0.4, 0.5) is 0 Å². The first-order valence-electron chi connectivity index (χ1n) is 8.76. The molecule has 146 valence electrons. The number of ether oxygens (including phenoxy) is 3. The summed E-state index contributed by atoms with van der Waals surface area (Å²) in [5, 5.41) is 6.46. The summed E-state index contributed by atoms with van der Waals surface area (Å²) in [6.45, 7) is 7.44. The summed E-state index contributed by atoms with van der Waals surface area (Å²) in [4.78, 5) is 24.2. The van der Waals surface area contributed by atoms with E-state index in [0.717, 1.165) is 5.56 Å². The Hall–Kier alpha value is -2.61. The van der Waals surface area contributed by atoms with Gasteiger partial charge in [0.05, 0.1) is 24.8 Å². The van der Waals surface area contributed by atoms with Gasteiger partial charge in [-0.1, -0.05) is 12.1 Å². The molecule has 1 heterocycles. The smallest absolute Gasteiger partial charge is 0.347 e. The molecule has 0 saturated carbocycles. The normalized spacial score (nSPS) is 17.5. The first kappa shape index (κ1) is 20.7. The lowest BCUT2D eigenvalue weighted by atomic mass is 9.95. The SMILES string of the molecule is CCOC(=O)C1=C(C)NC(=S)NC1c1cccc(OC(C)C(=O)OCC)c1. The third kappa shape index (κ3) is 5.19. The Bertz CT molecular complexity index is 762. The molecule has 2 N–H and O–H groups in total. The molecule has 1 aromatic carbocycles. The molecule has 8 heteroatoms. The van der Waals surface area contributed by atoms with Crippen LogP contribution in [0.1, 0.15) is 39.3 Å². The molecule has 0 aliphatic carbocycles. The van der Waals surface area contributed by atoms with Crippen LogP contribution < -0.4 is 15.4 Å². The van der Waals surface area contributed by atoms with Gasteiger partial charge in [-0.05, 0) is 57.6 Å². The monoisotopic (exact) mass is 392 g/mol. The molecule has 1 aliphatic rings. The zero-order valence-electron chi connectivity index (χ0n) is 15.8. The molecule has 0 radical (unpaired) electrons. The number of hydrogen-bond donors (Lipinski definition) is 2. The summed E-state index contributed by atoms with van der Waals surface area (Å²) < 4.78 is 15.8. The third-order valence-corrected chi connectivity index (χ3v) is 4.11. The van der Waals surface area contributed by atoms with E-state index >= 15 is 0 Å². The Morgan fingerprint density at radius 1 is 1.22 bits per heavy atom. The zero-order valence-corrected chi connectivity index (χ0v) is 16.6. The molecule has 0 bridgehead atoms. The van der Waals surface area contributed by atoms with Gasteiger partial charge >= 0.3 is 11.9 Å². The average molecular weight is 392 g/mol. The number of nitrogens with one attached hydrogen (secondary N) is 2. The second-order valence-corrected chi connectivity index (χ2v) is 6.28. The van der Waals surface area contributed by atoms with E-state index in [1.165, 1.54) is 0 Å². The largest absolute Gasteiger partial charge is 0.479 e. The van der Waals surface area contributed by atoms with Crippen molar-refractivity contribution in [2.24, 2.45) is 0 Å². The van der Waals surface area contributed by atoms with E-state index < -0.39 is 24.1 Å². The van der Waals surface area contributed by atoms with Crippen molar-refractivity contribution >= 4 is 29.3 Å². The van der Waals surface area contributed by atoms with Gasteiger partial charge in [-0.15, -0.1) is 0 Å². The molecule has 1 aromatic rings. The highest BCUT2D eigenvalue weighted by Crippen LogP contribution is 2.30. The number of carbonyl (C=O) groups is 2. The van der Waals surface area contributed by atoms with Gasteiger partial charge in [-0.3, -0.25) is 0 Å². The van der Waals surface area contributed by atoms with Gasteiger partial charge in [0, 0.05) is 5.70 Å². The first-order valence-corrected chi connectivity index (χ1v) is 9.16. The zero-order chi connectivity index (χ0) is 20.0. The molecule has 0 saturated heterocycles. The predicted molar refractivity (Wildman–Crippen MR) is 104 cm³/mol. The van der Waals surface area contributed by atoms with Gasteiger partial charge in [-0.2, -0.15) is 0 Å². The van der Waals surface area contributed by atoms with Crippen molar-refractivity contribution in [1.29, 1.82) is 0 Å². The van der Waals surface area contributed by atoms with Crippen molar-refractivity contribution in [3.63, 3.8) is 0 Å². The van der Waals surface area contributed by atoms with Crippen molar-refractivity contribution in [3.05, 3.63) is 41.1 Å². The van der Waals surface area contributed by atoms with Crippen LogP contribution in [-0.4, -0.2) is 36.4 Å². The van der Waals surface area contributed by atoms with E-state index in [9.17, 15) is 9.59 Å². The van der Waals surface area contributed by atoms with E-state index in [2.05, 4.69) is 10.6 Å². The molecule has 2 atom stereocenters. The molecular formula is C19H24N2O5S. The molecule has 2 rings (SSSR count). The van der Waals surface area contributed by atoms with Crippen LogP contribution in [-0.2, 0) is 19.1 Å².